The summed E-state index contributed by atoms with van der Waals surface area (Å²) in [4.78, 5) is 3.70. The fourth-order valence-corrected chi connectivity index (χ4v) is 2.51. The maximum Gasteiger partial charge on any atom is 0.142 e. The molecule has 2 nitrogen and oxygen atoms in total. The second-order valence-corrected chi connectivity index (χ2v) is 5.20. The van der Waals surface area contributed by atoms with Crippen molar-refractivity contribution in [2.45, 2.75) is 9.92 Å². The zero-order chi connectivity index (χ0) is 13.3. The van der Waals surface area contributed by atoms with Crippen molar-refractivity contribution in [3.05, 3.63) is 46.1 Å². The molecular formula is C11H6Cl2F2N2S. The zero-order valence-electron chi connectivity index (χ0n) is 8.75. The maximum absolute atomic E-state index is 13.6. The van der Waals surface area contributed by atoms with Crippen LogP contribution in [0.5, 0.6) is 0 Å². The summed E-state index contributed by atoms with van der Waals surface area (Å²) in [7, 11) is 0. The molecule has 2 N–H and O–H groups in total. The summed E-state index contributed by atoms with van der Waals surface area (Å²) in [5.74, 6) is -1.52. The monoisotopic (exact) mass is 306 g/mol. The van der Waals surface area contributed by atoms with Gasteiger partial charge in [0.05, 0.1) is 14.9 Å². The van der Waals surface area contributed by atoms with Crippen molar-refractivity contribution in [3.8, 4) is 0 Å². The van der Waals surface area contributed by atoms with Gasteiger partial charge in [-0.1, -0.05) is 35.0 Å². The molecule has 2 rings (SSSR count). The Morgan fingerprint density at radius 2 is 1.72 bits per heavy atom. The van der Waals surface area contributed by atoms with Crippen molar-refractivity contribution in [3.63, 3.8) is 0 Å². The molecule has 0 aliphatic heterocycles. The van der Waals surface area contributed by atoms with E-state index in [1.165, 1.54) is 12.3 Å². The van der Waals surface area contributed by atoms with Gasteiger partial charge in [0.2, 0.25) is 0 Å². The van der Waals surface area contributed by atoms with Crippen LogP contribution in [0.4, 0.5) is 14.5 Å². The molecule has 0 aliphatic rings. The number of hydrogen-bond donors (Lipinski definition) is 1. The SMILES string of the molecule is Nc1cc(F)c(Sc2ncc(Cl)cc2Cl)c(F)c1. The van der Waals surface area contributed by atoms with Crippen LogP contribution in [0, 0.1) is 11.6 Å². The van der Waals surface area contributed by atoms with E-state index in [0.717, 1.165) is 23.9 Å². The lowest BCUT2D eigenvalue weighted by Crippen LogP contribution is -1.93. The quantitative estimate of drug-likeness (QED) is 0.836. The molecule has 1 aromatic carbocycles. The molecular weight excluding hydrogens is 301 g/mol. The van der Waals surface area contributed by atoms with Crippen molar-refractivity contribution in [1.82, 2.24) is 4.98 Å². The molecule has 0 fully saturated rings. The van der Waals surface area contributed by atoms with E-state index in [0.29, 0.717) is 5.02 Å². The Bertz CT molecular complexity index is 585. The largest absolute Gasteiger partial charge is 0.399 e. The Balaban J connectivity index is 2.40. The molecule has 18 heavy (non-hydrogen) atoms. The molecule has 0 aliphatic carbocycles. The summed E-state index contributed by atoms with van der Waals surface area (Å²) in [6.45, 7) is 0. The van der Waals surface area contributed by atoms with E-state index in [9.17, 15) is 8.78 Å². The predicted octanol–water partition coefficient (Wildman–Crippen LogP) is 4.40. The smallest absolute Gasteiger partial charge is 0.142 e. The van der Waals surface area contributed by atoms with Gasteiger partial charge in [-0.3, -0.25) is 0 Å². The van der Waals surface area contributed by atoms with E-state index in [1.54, 1.807) is 0 Å². The van der Waals surface area contributed by atoms with E-state index in [1.807, 2.05) is 0 Å². The van der Waals surface area contributed by atoms with Gasteiger partial charge in [0, 0.05) is 11.9 Å². The second kappa shape index (κ2) is 5.30. The average Bonchev–Trinajstić information content (AvgIpc) is 2.25. The first kappa shape index (κ1) is 13.4. The molecule has 0 spiro atoms. The van der Waals surface area contributed by atoms with Crippen LogP contribution in [0.1, 0.15) is 0 Å². The number of nitrogens with zero attached hydrogens (tertiary/aromatic N) is 1. The van der Waals surface area contributed by atoms with Gasteiger partial charge in [0.25, 0.3) is 0 Å². The minimum Gasteiger partial charge on any atom is -0.399 e. The van der Waals surface area contributed by atoms with Crippen LogP contribution in [0.15, 0.2) is 34.3 Å². The molecule has 0 saturated carbocycles. The lowest BCUT2D eigenvalue weighted by Gasteiger charge is -2.06. The standard InChI is InChI=1S/C11H6Cl2F2N2S/c12-5-1-7(13)11(17-4-5)18-10-8(14)2-6(16)3-9(10)15/h1-4H,16H2. The van der Waals surface area contributed by atoms with Crippen LogP contribution in [0.25, 0.3) is 0 Å². The Kier molecular flexibility index (Phi) is 3.94. The average molecular weight is 307 g/mol. The molecule has 0 unspecified atom stereocenters. The van der Waals surface area contributed by atoms with Gasteiger partial charge in [0.1, 0.15) is 16.7 Å². The zero-order valence-corrected chi connectivity index (χ0v) is 11.1. The van der Waals surface area contributed by atoms with Gasteiger partial charge in [0.15, 0.2) is 0 Å². The van der Waals surface area contributed by atoms with Gasteiger partial charge in [-0.2, -0.15) is 0 Å². The van der Waals surface area contributed by atoms with Crippen molar-refractivity contribution in [1.29, 1.82) is 0 Å². The van der Waals surface area contributed by atoms with Gasteiger partial charge >= 0.3 is 0 Å². The molecule has 1 aromatic heterocycles. The number of aromatic nitrogens is 1. The summed E-state index contributed by atoms with van der Waals surface area (Å²) >= 11 is 12.3. The number of rotatable bonds is 2. The van der Waals surface area contributed by atoms with E-state index in [4.69, 9.17) is 28.9 Å². The topological polar surface area (TPSA) is 38.9 Å². The lowest BCUT2D eigenvalue weighted by atomic mass is 10.3. The van der Waals surface area contributed by atoms with Crippen LogP contribution in [-0.2, 0) is 0 Å². The molecule has 2 aromatic rings. The number of nitrogens with two attached hydrogens (primary N) is 1. The first-order chi connectivity index (χ1) is 8.47. The number of pyridine rings is 1. The second-order valence-electron chi connectivity index (χ2n) is 3.36. The Morgan fingerprint density at radius 3 is 2.28 bits per heavy atom. The highest BCUT2D eigenvalue weighted by Crippen LogP contribution is 2.36. The number of halogens is 4. The third-order valence-electron chi connectivity index (χ3n) is 1.99. The van der Waals surface area contributed by atoms with Crippen molar-refractivity contribution >= 4 is 40.7 Å². The summed E-state index contributed by atoms with van der Waals surface area (Å²) in [5.41, 5.74) is 5.34. The van der Waals surface area contributed by atoms with E-state index in [-0.39, 0.29) is 20.6 Å². The fraction of sp³-hybridized carbons (Fsp3) is 0. The van der Waals surface area contributed by atoms with Gasteiger partial charge in [-0.25, -0.2) is 13.8 Å². The highest BCUT2D eigenvalue weighted by atomic mass is 35.5. The lowest BCUT2D eigenvalue weighted by molar-refractivity contribution is 0.541. The molecule has 0 bridgehead atoms. The molecule has 94 valence electrons. The Labute approximate surface area is 116 Å². The molecule has 0 radical (unpaired) electrons. The van der Waals surface area contributed by atoms with Crippen molar-refractivity contribution < 1.29 is 8.78 Å². The first-order valence-electron chi connectivity index (χ1n) is 4.71. The van der Waals surface area contributed by atoms with E-state index in [2.05, 4.69) is 4.98 Å². The van der Waals surface area contributed by atoms with Crippen LogP contribution < -0.4 is 5.73 Å². The minimum absolute atomic E-state index is 0.0181. The molecule has 0 amide bonds. The summed E-state index contributed by atoms with van der Waals surface area (Å²) in [5, 5.41) is 0.842. The normalized spacial score (nSPS) is 10.7. The molecule has 0 atom stereocenters. The summed E-state index contributed by atoms with van der Waals surface area (Å²) in [6, 6.07) is 3.52. The third kappa shape index (κ3) is 2.85. The highest BCUT2D eigenvalue weighted by Gasteiger charge is 2.14. The Morgan fingerprint density at radius 1 is 1.11 bits per heavy atom. The maximum atomic E-state index is 13.6. The van der Waals surface area contributed by atoms with Crippen molar-refractivity contribution in [2.24, 2.45) is 0 Å². The van der Waals surface area contributed by atoms with Gasteiger partial charge in [-0.15, -0.1) is 0 Å². The fourth-order valence-electron chi connectivity index (χ4n) is 1.25. The van der Waals surface area contributed by atoms with Crippen LogP contribution in [0.2, 0.25) is 10.0 Å². The van der Waals surface area contributed by atoms with Gasteiger partial charge in [-0.05, 0) is 18.2 Å². The third-order valence-corrected chi connectivity index (χ3v) is 3.71. The summed E-state index contributed by atoms with van der Waals surface area (Å²) in [6.07, 6.45) is 1.35. The van der Waals surface area contributed by atoms with Crippen LogP contribution in [0.3, 0.4) is 0 Å². The number of hydrogen-bond acceptors (Lipinski definition) is 3. The first-order valence-corrected chi connectivity index (χ1v) is 6.28. The van der Waals surface area contributed by atoms with Crippen LogP contribution >= 0.6 is 35.0 Å². The molecule has 7 heteroatoms. The molecule has 0 saturated heterocycles. The van der Waals surface area contributed by atoms with Crippen LogP contribution in [-0.4, -0.2) is 4.98 Å². The molecule has 1 heterocycles. The van der Waals surface area contributed by atoms with Gasteiger partial charge < -0.3 is 5.73 Å². The van der Waals surface area contributed by atoms with E-state index < -0.39 is 11.6 Å². The Hall–Kier alpha value is -1.04. The summed E-state index contributed by atoms with van der Waals surface area (Å²) < 4.78 is 27.1. The van der Waals surface area contributed by atoms with Crippen molar-refractivity contribution in [2.75, 3.05) is 5.73 Å². The highest BCUT2D eigenvalue weighted by molar-refractivity contribution is 7.99. The van der Waals surface area contributed by atoms with E-state index >= 15 is 0 Å². The number of benzene rings is 1. The predicted molar refractivity (Wildman–Crippen MR) is 69.2 cm³/mol. The minimum atomic E-state index is -0.759. The number of anilines is 1. The number of nitrogen functional groups attached to an aromatic ring is 1.